The van der Waals surface area contributed by atoms with Gasteiger partial charge in [-0.3, -0.25) is 14.2 Å². The molecule has 0 atom stereocenters. The highest BCUT2D eigenvalue weighted by molar-refractivity contribution is 6.08. The van der Waals surface area contributed by atoms with Crippen LogP contribution in [0.15, 0.2) is 59.8 Å². The standard InChI is InChI=1S/C22H16F5N5O4/c1-12-10-31(15-4-2-3-5-16(15)35-11-22(25,26)27)20(34)18-14(9-29-32(12)18)19(33)30-13-6-7-17(28-8-13)36-21(23)24/h2-10,21H,11H2,1H3,(H,30,33). The van der Waals surface area contributed by atoms with E-state index in [1.165, 1.54) is 41.0 Å². The molecule has 36 heavy (non-hydrogen) atoms. The van der Waals surface area contributed by atoms with Crippen LogP contribution >= 0.6 is 0 Å². The zero-order valence-electron chi connectivity index (χ0n) is 18.3. The Kier molecular flexibility index (Phi) is 6.59. The van der Waals surface area contributed by atoms with E-state index < -0.39 is 30.9 Å². The summed E-state index contributed by atoms with van der Waals surface area (Å²) in [5.41, 5.74) is -0.485. The Morgan fingerprint density at radius 3 is 2.56 bits per heavy atom. The van der Waals surface area contributed by atoms with Crippen LogP contribution in [-0.2, 0) is 0 Å². The number of hydrogen-bond donors (Lipinski definition) is 1. The third kappa shape index (κ3) is 5.26. The van der Waals surface area contributed by atoms with Crippen molar-refractivity contribution in [1.82, 2.24) is 19.2 Å². The van der Waals surface area contributed by atoms with Crippen molar-refractivity contribution in [3.8, 4) is 17.3 Å². The largest absolute Gasteiger partial charge is 0.482 e. The molecule has 4 rings (SSSR count). The van der Waals surface area contributed by atoms with Gasteiger partial charge in [0, 0.05) is 12.3 Å². The summed E-state index contributed by atoms with van der Waals surface area (Å²) in [5, 5.41) is 6.53. The second kappa shape index (κ2) is 9.64. The number of nitrogens with zero attached hydrogens (tertiary/aromatic N) is 4. The topological polar surface area (TPSA) is 99.8 Å². The van der Waals surface area contributed by atoms with Gasteiger partial charge in [0.25, 0.3) is 11.5 Å². The first-order valence-corrected chi connectivity index (χ1v) is 10.1. The van der Waals surface area contributed by atoms with E-state index in [1.807, 2.05) is 0 Å². The third-order valence-electron chi connectivity index (χ3n) is 4.81. The van der Waals surface area contributed by atoms with Gasteiger partial charge in [-0.25, -0.2) is 9.50 Å². The lowest BCUT2D eigenvalue weighted by atomic mass is 10.2. The number of para-hydroxylation sites is 2. The number of alkyl halides is 5. The molecule has 0 saturated heterocycles. The number of nitrogens with one attached hydrogen (secondary N) is 1. The number of hydrogen-bond acceptors (Lipinski definition) is 6. The molecule has 0 unspecified atom stereocenters. The summed E-state index contributed by atoms with van der Waals surface area (Å²) in [4.78, 5) is 29.9. The first-order chi connectivity index (χ1) is 17.0. The number of rotatable bonds is 7. The summed E-state index contributed by atoms with van der Waals surface area (Å²) < 4.78 is 73.9. The Morgan fingerprint density at radius 2 is 1.89 bits per heavy atom. The van der Waals surface area contributed by atoms with E-state index in [1.54, 1.807) is 6.92 Å². The molecule has 0 saturated carbocycles. The van der Waals surface area contributed by atoms with Crippen LogP contribution in [0.25, 0.3) is 11.2 Å². The second-order valence-electron chi connectivity index (χ2n) is 7.35. The van der Waals surface area contributed by atoms with Gasteiger partial charge in [-0.15, -0.1) is 0 Å². The number of carbonyl (C=O) groups excluding carboxylic acids is 1. The predicted molar refractivity (Wildman–Crippen MR) is 116 cm³/mol. The third-order valence-corrected chi connectivity index (χ3v) is 4.81. The maximum atomic E-state index is 13.4. The average molecular weight is 509 g/mol. The number of halogens is 5. The predicted octanol–water partition coefficient (Wildman–Crippen LogP) is 3.98. The summed E-state index contributed by atoms with van der Waals surface area (Å²) in [6, 6.07) is 8.04. The lowest BCUT2D eigenvalue weighted by molar-refractivity contribution is -0.153. The highest BCUT2D eigenvalue weighted by Gasteiger charge is 2.29. The molecule has 1 N–H and O–H groups in total. The Bertz CT molecular complexity index is 1460. The minimum atomic E-state index is -4.59. The molecule has 3 aromatic heterocycles. The van der Waals surface area contributed by atoms with Gasteiger partial charge < -0.3 is 14.8 Å². The van der Waals surface area contributed by atoms with E-state index in [2.05, 4.69) is 20.1 Å². The second-order valence-corrected chi connectivity index (χ2v) is 7.35. The van der Waals surface area contributed by atoms with Gasteiger partial charge in [-0.05, 0) is 25.1 Å². The van der Waals surface area contributed by atoms with Crippen LogP contribution in [0.1, 0.15) is 16.1 Å². The molecule has 0 bridgehead atoms. The fourth-order valence-corrected chi connectivity index (χ4v) is 3.33. The summed E-state index contributed by atoms with van der Waals surface area (Å²) in [6.45, 7) is -3.04. The quantitative estimate of drug-likeness (QED) is 0.379. The summed E-state index contributed by atoms with van der Waals surface area (Å²) in [5.74, 6) is -1.31. The molecule has 0 spiro atoms. The fourth-order valence-electron chi connectivity index (χ4n) is 3.33. The van der Waals surface area contributed by atoms with Crippen LogP contribution in [0.5, 0.6) is 11.6 Å². The Labute approximate surface area is 198 Å². The number of benzene rings is 1. The summed E-state index contributed by atoms with van der Waals surface area (Å²) in [7, 11) is 0. The number of aryl methyl sites for hydroxylation is 1. The monoisotopic (exact) mass is 509 g/mol. The SMILES string of the molecule is Cc1cn(-c2ccccc2OCC(F)(F)F)c(=O)c2c(C(=O)Nc3ccc(OC(F)F)nc3)cnn12. The lowest BCUT2D eigenvalue weighted by Crippen LogP contribution is -2.25. The molecule has 4 aromatic rings. The van der Waals surface area contributed by atoms with E-state index in [0.717, 1.165) is 23.0 Å². The molecule has 0 aliphatic heterocycles. The van der Waals surface area contributed by atoms with E-state index >= 15 is 0 Å². The summed E-state index contributed by atoms with van der Waals surface area (Å²) >= 11 is 0. The molecule has 1 aromatic carbocycles. The van der Waals surface area contributed by atoms with Crippen molar-refractivity contribution in [3.63, 3.8) is 0 Å². The van der Waals surface area contributed by atoms with Gasteiger partial charge in [0.1, 0.15) is 11.3 Å². The molecule has 0 aliphatic carbocycles. The Morgan fingerprint density at radius 1 is 1.14 bits per heavy atom. The normalized spacial score (nSPS) is 11.6. The number of fused-ring (bicyclic) bond motifs is 1. The van der Waals surface area contributed by atoms with Crippen molar-refractivity contribution >= 4 is 17.1 Å². The van der Waals surface area contributed by atoms with E-state index in [-0.39, 0.29) is 34.1 Å². The van der Waals surface area contributed by atoms with Crippen LogP contribution in [0.2, 0.25) is 0 Å². The molecule has 9 nitrogen and oxygen atoms in total. The van der Waals surface area contributed by atoms with Crippen molar-refractivity contribution in [2.24, 2.45) is 0 Å². The Balaban J connectivity index is 1.70. The minimum absolute atomic E-state index is 0.0312. The van der Waals surface area contributed by atoms with Gasteiger partial charge in [0.05, 0.1) is 35.0 Å². The highest BCUT2D eigenvalue weighted by atomic mass is 19.4. The van der Waals surface area contributed by atoms with Crippen molar-refractivity contribution < 1.29 is 36.2 Å². The zero-order chi connectivity index (χ0) is 26.0. The number of aromatic nitrogens is 4. The van der Waals surface area contributed by atoms with E-state index in [4.69, 9.17) is 4.74 Å². The lowest BCUT2D eigenvalue weighted by Gasteiger charge is -2.15. The molecule has 3 heterocycles. The van der Waals surface area contributed by atoms with Crippen LogP contribution in [0.3, 0.4) is 0 Å². The maximum Gasteiger partial charge on any atom is 0.422 e. The number of carbonyl (C=O) groups is 1. The zero-order valence-corrected chi connectivity index (χ0v) is 18.3. The molecule has 0 fully saturated rings. The summed E-state index contributed by atoms with van der Waals surface area (Å²) in [6.07, 6.45) is -1.00. The minimum Gasteiger partial charge on any atom is -0.482 e. The number of pyridine rings is 1. The number of ether oxygens (including phenoxy) is 2. The van der Waals surface area contributed by atoms with Gasteiger partial charge in [0.15, 0.2) is 6.61 Å². The first kappa shape index (κ1) is 24.6. The van der Waals surface area contributed by atoms with Crippen LogP contribution in [0, 0.1) is 6.92 Å². The van der Waals surface area contributed by atoms with Crippen molar-refractivity contribution in [3.05, 3.63) is 76.6 Å². The number of anilines is 1. The fraction of sp³-hybridized carbons (Fsp3) is 0.182. The molecule has 0 aliphatic rings. The van der Waals surface area contributed by atoms with Crippen molar-refractivity contribution in [2.75, 3.05) is 11.9 Å². The van der Waals surface area contributed by atoms with E-state index in [0.29, 0.717) is 5.69 Å². The van der Waals surface area contributed by atoms with Gasteiger partial charge >= 0.3 is 12.8 Å². The van der Waals surface area contributed by atoms with Gasteiger partial charge in [0.2, 0.25) is 5.88 Å². The Hall–Kier alpha value is -4.49. The smallest absolute Gasteiger partial charge is 0.422 e. The molecule has 14 heteroatoms. The van der Waals surface area contributed by atoms with Crippen LogP contribution < -0.4 is 20.3 Å². The average Bonchev–Trinajstić information content (AvgIpc) is 3.27. The van der Waals surface area contributed by atoms with Crippen LogP contribution in [-0.4, -0.2) is 44.5 Å². The van der Waals surface area contributed by atoms with Crippen molar-refractivity contribution in [1.29, 1.82) is 0 Å². The van der Waals surface area contributed by atoms with Crippen molar-refractivity contribution in [2.45, 2.75) is 19.7 Å². The first-order valence-electron chi connectivity index (χ1n) is 10.1. The maximum absolute atomic E-state index is 13.4. The van der Waals surface area contributed by atoms with Crippen LogP contribution in [0.4, 0.5) is 27.6 Å². The molecular weight excluding hydrogens is 493 g/mol. The molecule has 188 valence electrons. The number of amides is 1. The van der Waals surface area contributed by atoms with Gasteiger partial charge in [-0.2, -0.15) is 27.1 Å². The molecule has 0 radical (unpaired) electrons. The molecule has 1 amide bonds. The molecular formula is C22H16F5N5O4. The van der Waals surface area contributed by atoms with Gasteiger partial charge in [-0.1, -0.05) is 12.1 Å². The van der Waals surface area contributed by atoms with E-state index in [9.17, 15) is 31.5 Å². The highest BCUT2D eigenvalue weighted by Crippen LogP contribution is 2.25.